The van der Waals surface area contributed by atoms with Gasteiger partial charge in [0.15, 0.2) is 0 Å². The second kappa shape index (κ2) is 2.78. The molecular weight excluding hydrogens is 135 g/mol. The summed E-state index contributed by atoms with van der Waals surface area (Å²) in [5.74, 6) is -0.127. The minimum Gasteiger partial charge on any atom is -0.205 e. The average Bonchev–Trinajstić information content (AvgIpc) is 2.18. The second-order valence-electron chi connectivity index (χ2n) is 1.68. The summed E-state index contributed by atoms with van der Waals surface area (Å²) in [7, 11) is 0. The molecule has 0 nitrogen and oxygen atoms in total. The third-order valence-corrected chi connectivity index (χ3v) is 1.72. The molecule has 1 aromatic heterocycles. The van der Waals surface area contributed by atoms with Crippen molar-refractivity contribution in [3.05, 3.63) is 28.2 Å². The predicted molar refractivity (Wildman–Crippen MR) is 39.0 cm³/mol. The van der Waals surface area contributed by atoms with E-state index in [0.29, 0.717) is 5.56 Å². The van der Waals surface area contributed by atoms with Crippen LogP contribution in [0.1, 0.15) is 12.5 Å². The van der Waals surface area contributed by atoms with Gasteiger partial charge in [0.25, 0.3) is 0 Å². The normalized spacial score (nSPS) is 10.9. The fourth-order valence-corrected chi connectivity index (χ4v) is 1.25. The minimum absolute atomic E-state index is 0.127. The van der Waals surface area contributed by atoms with Crippen LogP contribution in [0.15, 0.2) is 16.8 Å². The molecule has 0 amide bonds. The smallest absolute Gasteiger partial charge is 0.141 e. The van der Waals surface area contributed by atoms with E-state index in [-0.39, 0.29) is 5.82 Å². The van der Waals surface area contributed by atoms with E-state index in [9.17, 15) is 4.39 Å². The van der Waals surface area contributed by atoms with E-state index in [1.54, 1.807) is 11.5 Å². The molecule has 1 heterocycles. The lowest BCUT2D eigenvalue weighted by atomic mass is 10.3. The molecule has 1 rings (SSSR count). The SMILES string of the molecule is CC=Cc1cscc1F. The second-order valence-corrected chi connectivity index (χ2v) is 2.42. The quantitative estimate of drug-likeness (QED) is 0.565. The molecule has 0 aliphatic carbocycles. The van der Waals surface area contributed by atoms with Crippen molar-refractivity contribution in [1.29, 1.82) is 0 Å². The molecule has 0 saturated carbocycles. The van der Waals surface area contributed by atoms with E-state index >= 15 is 0 Å². The zero-order valence-electron chi connectivity index (χ0n) is 5.10. The van der Waals surface area contributed by atoms with Gasteiger partial charge in [-0.2, -0.15) is 0 Å². The van der Waals surface area contributed by atoms with Gasteiger partial charge in [0, 0.05) is 16.3 Å². The molecule has 48 valence electrons. The summed E-state index contributed by atoms with van der Waals surface area (Å²) in [5.41, 5.74) is 0.683. The lowest BCUT2D eigenvalue weighted by Crippen LogP contribution is -1.67. The first-order valence-electron chi connectivity index (χ1n) is 2.69. The van der Waals surface area contributed by atoms with Crippen molar-refractivity contribution in [1.82, 2.24) is 0 Å². The van der Waals surface area contributed by atoms with Crippen molar-refractivity contribution in [2.45, 2.75) is 6.92 Å². The molecule has 0 saturated heterocycles. The van der Waals surface area contributed by atoms with E-state index in [1.807, 2.05) is 13.0 Å². The standard InChI is InChI=1S/C7H7FS/c1-2-3-6-4-9-5-7(6)8/h2-5H,1H3. The van der Waals surface area contributed by atoms with Gasteiger partial charge in [0.2, 0.25) is 0 Å². The van der Waals surface area contributed by atoms with E-state index in [2.05, 4.69) is 0 Å². The lowest BCUT2D eigenvalue weighted by molar-refractivity contribution is 0.631. The van der Waals surface area contributed by atoms with Crippen molar-refractivity contribution < 1.29 is 4.39 Å². The van der Waals surface area contributed by atoms with E-state index < -0.39 is 0 Å². The van der Waals surface area contributed by atoms with E-state index in [1.165, 1.54) is 16.7 Å². The van der Waals surface area contributed by atoms with Crippen molar-refractivity contribution in [3.63, 3.8) is 0 Å². The third kappa shape index (κ3) is 1.39. The summed E-state index contributed by atoms with van der Waals surface area (Å²) in [5, 5.41) is 3.28. The Balaban J connectivity index is 2.94. The van der Waals surface area contributed by atoms with Crippen LogP contribution in [-0.2, 0) is 0 Å². The van der Waals surface area contributed by atoms with Crippen molar-refractivity contribution >= 4 is 17.4 Å². The molecule has 0 aromatic carbocycles. The number of rotatable bonds is 1. The van der Waals surface area contributed by atoms with Gasteiger partial charge in [-0.1, -0.05) is 12.2 Å². The number of hydrogen-bond donors (Lipinski definition) is 0. The Morgan fingerprint density at radius 3 is 2.78 bits per heavy atom. The van der Waals surface area contributed by atoms with Crippen LogP contribution in [0, 0.1) is 5.82 Å². The molecule has 0 N–H and O–H groups in total. The molecule has 0 atom stereocenters. The van der Waals surface area contributed by atoms with Crippen LogP contribution in [0.4, 0.5) is 4.39 Å². The van der Waals surface area contributed by atoms with Crippen LogP contribution in [0.25, 0.3) is 6.08 Å². The first kappa shape index (κ1) is 6.49. The first-order chi connectivity index (χ1) is 4.34. The summed E-state index contributed by atoms with van der Waals surface area (Å²) in [6, 6.07) is 0. The van der Waals surface area contributed by atoms with Gasteiger partial charge in [-0.25, -0.2) is 4.39 Å². The van der Waals surface area contributed by atoms with Gasteiger partial charge >= 0.3 is 0 Å². The Bertz CT molecular complexity index is 212. The highest BCUT2D eigenvalue weighted by Crippen LogP contribution is 2.13. The van der Waals surface area contributed by atoms with E-state index in [4.69, 9.17) is 0 Å². The van der Waals surface area contributed by atoms with Crippen molar-refractivity contribution in [2.24, 2.45) is 0 Å². The molecule has 0 radical (unpaired) electrons. The molecule has 0 unspecified atom stereocenters. The number of halogens is 1. The van der Waals surface area contributed by atoms with Gasteiger partial charge in [0.05, 0.1) is 0 Å². The van der Waals surface area contributed by atoms with Gasteiger partial charge in [-0.15, -0.1) is 11.3 Å². The Kier molecular flexibility index (Phi) is 2.01. The molecule has 2 heteroatoms. The molecule has 0 fully saturated rings. The summed E-state index contributed by atoms with van der Waals surface area (Å²) < 4.78 is 12.5. The first-order valence-corrected chi connectivity index (χ1v) is 3.63. The fourth-order valence-electron chi connectivity index (χ4n) is 0.590. The van der Waals surface area contributed by atoms with Crippen LogP contribution >= 0.6 is 11.3 Å². The summed E-state index contributed by atoms with van der Waals surface area (Å²) >= 11 is 1.38. The maximum atomic E-state index is 12.5. The average molecular weight is 142 g/mol. The fraction of sp³-hybridized carbons (Fsp3) is 0.143. The zero-order valence-corrected chi connectivity index (χ0v) is 5.91. The lowest BCUT2D eigenvalue weighted by Gasteiger charge is -1.81. The maximum Gasteiger partial charge on any atom is 0.141 e. The third-order valence-electron chi connectivity index (χ3n) is 0.989. The van der Waals surface area contributed by atoms with Crippen LogP contribution < -0.4 is 0 Å². The monoisotopic (exact) mass is 142 g/mol. The maximum absolute atomic E-state index is 12.5. The topological polar surface area (TPSA) is 0 Å². The minimum atomic E-state index is -0.127. The number of hydrogen-bond acceptors (Lipinski definition) is 1. The van der Waals surface area contributed by atoms with Crippen LogP contribution in [0.3, 0.4) is 0 Å². The van der Waals surface area contributed by atoms with Gasteiger partial charge in [0.1, 0.15) is 5.82 Å². The van der Waals surface area contributed by atoms with Gasteiger partial charge in [-0.05, 0) is 6.92 Å². The van der Waals surface area contributed by atoms with Crippen molar-refractivity contribution in [3.8, 4) is 0 Å². The Hall–Kier alpha value is -0.630. The van der Waals surface area contributed by atoms with Crippen LogP contribution in [-0.4, -0.2) is 0 Å². The van der Waals surface area contributed by atoms with Gasteiger partial charge < -0.3 is 0 Å². The van der Waals surface area contributed by atoms with Gasteiger partial charge in [-0.3, -0.25) is 0 Å². The molecule has 1 aromatic rings. The molecule has 0 bridgehead atoms. The van der Waals surface area contributed by atoms with Crippen LogP contribution in [0.2, 0.25) is 0 Å². The highest BCUT2D eigenvalue weighted by atomic mass is 32.1. The van der Waals surface area contributed by atoms with Crippen molar-refractivity contribution in [2.75, 3.05) is 0 Å². The Morgan fingerprint density at radius 1 is 1.56 bits per heavy atom. The summed E-state index contributed by atoms with van der Waals surface area (Å²) in [6.45, 7) is 1.87. The number of thiophene rings is 1. The highest BCUT2D eigenvalue weighted by molar-refractivity contribution is 7.08. The molecule has 0 spiro atoms. The molecule has 9 heavy (non-hydrogen) atoms. The number of allylic oxidation sites excluding steroid dienone is 1. The van der Waals surface area contributed by atoms with Crippen LogP contribution in [0.5, 0.6) is 0 Å². The molecule has 0 aliphatic heterocycles. The largest absolute Gasteiger partial charge is 0.205 e. The Morgan fingerprint density at radius 2 is 2.33 bits per heavy atom. The molecule has 0 aliphatic rings. The highest BCUT2D eigenvalue weighted by Gasteiger charge is 1.95. The molecular formula is C7H7FS. The summed E-state index contributed by atoms with van der Waals surface area (Å²) in [4.78, 5) is 0. The summed E-state index contributed by atoms with van der Waals surface area (Å²) in [6.07, 6.45) is 3.58. The predicted octanol–water partition coefficient (Wildman–Crippen LogP) is 2.92. The zero-order chi connectivity index (χ0) is 6.69. The van der Waals surface area contributed by atoms with E-state index in [0.717, 1.165) is 0 Å². The Labute approximate surface area is 57.6 Å².